The Balaban J connectivity index is 2.50. The molecule has 4 nitrogen and oxygen atoms in total. The van der Waals surface area contributed by atoms with Crippen LogP contribution in [0.25, 0.3) is 5.69 Å². The maximum absolute atomic E-state index is 11.0. The molecule has 0 aliphatic heterocycles. The second kappa shape index (κ2) is 6.09. The van der Waals surface area contributed by atoms with E-state index in [9.17, 15) is 4.79 Å². The topological polar surface area (TPSA) is 40.5 Å². The summed E-state index contributed by atoms with van der Waals surface area (Å²) in [5.41, 5.74) is 1.38. The fourth-order valence-electron chi connectivity index (χ4n) is 1.93. The van der Waals surface area contributed by atoms with Crippen molar-refractivity contribution in [2.24, 2.45) is 0 Å². The first-order chi connectivity index (χ1) is 9.30. The number of rotatable bonds is 6. The van der Waals surface area contributed by atoms with Crippen LogP contribution in [0.1, 0.15) is 24.3 Å². The fourth-order valence-corrected chi connectivity index (χ4v) is 1.93. The number of carbonyl (C=O) groups is 1. The van der Waals surface area contributed by atoms with Gasteiger partial charge in [0, 0.05) is 12.3 Å². The first kappa shape index (κ1) is 13.2. The first-order valence-electron chi connectivity index (χ1n) is 6.32. The van der Waals surface area contributed by atoms with Crippen molar-refractivity contribution in [3.05, 3.63) is 42.2 Å². The highest BCUT2D eigenvalue weighted by Gasteiger charge is 2.10. The molecule has 1 aromatic heterocycles. The van der Waals surface area contributed by atoms with E-state index in [0.717, 1.165) is 23.5 Å². The molecule has 0 unspecified atom stereocenters. The molecule has 19 heavy (non-hydrogen) atoms. The van der Waals surface area contributed by atoms with E-state index < -0.39 is 0 Å². The molecule has 100 valence electrons. The molecule has 0 amide bonds. The summed E-state index contributed by atoms with van der Waals surface area (Å²) in [6.07, 6.45) is 2.65. The van der Waals surface area contributed by atoms with Crippen molar-refractivity contribution in [1.29, 1.82) is 0 Å². The van der Waals surface area contributed by atoms with Crippen molar-refractivity contribution in [3.8, 4) is 17.2 Å². The van der Waals surface area contributed by atoms with Gasteiger partial charge >= 0.3 is 0 Å². The van der Waals surface area contributed by atoms with Crippen LogP contribution in [0.15, 0.2) is 36.5 Å². The van der Waals surface area contributed by atoms with Crippen LogP contribution < -0.4 is 9.47 Å². The fraction of sp³-hybridized carbons (Fsp3) is 0.267. The lowest BCUT2D eigenvalue weighted by Gasteiger charge is -2.14. The van der Waals surface area contributed by atoms with Crippen LogP contribution in [-0.2, 0) is 0 Å². The number of hydrogen-bond acceptors (Lipinski definition) is 3. The minimum absolute atomic E-state index is 0.568. The first-order valence-corrected chi connectivity index (χ1v) is 6.32. The van der Waals surface area contributed by atoms with Crippen LogP contribution in [0.4, 0.5) is 0 Å². The average molecular weight is 259 g/mol. The smallest absolute Gasteiger partial charge is 0.166 e. The minimum atomic E-state index is 0.568. The van der Waals surface area contributed by atoms with E-state index in [2.05, 4.69) is 0 Å². The minimum Gasteiger partial charge on any atom is -0.494 e. The number of nitrogens with zero attached hydrogens (tertiary/aromatic N) is 1. The zero-order valence-corrected chi connectivity index (χ0v) is 11.1. The van der Waals surface area contributed by atoms with E-state index in [1.807, 2.05) is 44.3 Å². The Labute approximate surface area is 112 Å². The zero-order valence-electron chi connectivity index (χ0n) is 11.1. The van der Waals surface area contributed by atoms with Crippen molar-refractivity contribution in [3.63, 3.8) is 0 Å². The van der Waals surface area contributed by atoms with Gasteiger partial charge in [-0.05, 0) is 38.1 Å². The molecule has 1 heterocycles. The summed E-state index contributed by atoms with van der Waals surface area (Å²) < 4.78 is 12.9. The number of aromatic nitrogens is 1. The Kier molecular flexibility index (Phi) is 4.23. The Morgan fingerprint density at radius 1 is 1.16 bits per heavy atom. The quantitative estimate of drug-likeness (QED) is 0.748. The van der Waals surface area contributed by atoms with E-state index in [1.54, 1.807) is 10.6 Å². The van der Waals surface area contributed by atoms with E-state index >= 15 is 0 Å². The molecule has 0 N–H and O–H groups in total. The predicted molar refractivity (Wildman–Crippen MR) is 73.5 cm³/mol. The number of benzene rings is 1. The molecule has 0 aliphatic rings. The van der Waals surface area contributed by atoms with Gasteiger partial charge in [-0.25, -0.2) is 0 Å². The van der Waals surface area contributed by atoms with Crippen molar-refractivity contribution in [2.45, 2.75) is 13.8 Å². The Morgan fingerprint density at radius 3 is 2.63 bits per heavy atom. The average Bonchev–Trinajstić information content (AvgIpc) is 2.89. The molecule has 2 rings (SSSR count). The van der Waals surface area contributed by atoms with Crippen molar-refractivity contribution >= 4 is 6.29 Å². The molecule has 4 heteroatoms. The monoisotopic (exact) mass is 259 g/mol. The molecule has 0 atom stereocenters. The van der Waals surface area contributed by atoms with Gasteiger partial charge in [0.15, 0.2) is 6.29 Å². The SMILES string of the molecule is CCOc1ccc(OCC)c(-n2cccc2C=O)c1. The Bertz CT molecular complexity index is 560. The summed E-state index contributed by atoms with van der Waals surface area (Å²) in [5.74, 6) is 1.48. The lowest BCUT2D eigenvalue weighted by atomic mass is 10.2. The van der Waals surface area contributed by atoms with Crippen LogP contribution >= 0.6 is 0 Å². The normalized spacial score (nSPS) is 10.2. The van der Waals surface area contributed by atoms with Crippen LogP contribution in [0.3, 0.4) is 0 Å². The van der Waals surface area contributed by atoms with E-state index in [1.165, 1.54) is 0 Å². The third kappa shape index (κ3) is 2.78. The summed E-state index contributed by atoms with van der Waals surface area (Å²) in [7, 11) is 0. The second-order valence-electron chi connectivity index (χ2n) is 3.92. The number of hydrogen-bond donors (Lipinski definition) is 0. The van der Waals surface area contributed by atoms with Crippen molar-refractivity contribution in [2.75, 3.05) is 13.2 Å². The largest absolute Gasteiger partial charge is 0.494 e. The third-order valence-electron chi connectivity index (χ3n) is 2.70. The van der Waals surface area contributed by atoms with Gasteiger partial charge in [-0.2, -0.15) is 0 Å². The van der Waals surface area contributed by atoms with Gasteiger partial charge in [-0.3, -0.25) is 4.79 Å². The summed E-state index contributed by atoms with van der Waals surface area (Å²) >= 11 is 0. The predicted octanol–water partition coefficient (Wildman–Crippen LogP) is 3.09. The lowest BCUT2D eigenvalue weighted by molar-refractivity contribution is 0.111. The number of aldehydes is 1. The van der Waals surface area contributed by atoms with Crippen LogP contribution in [0.5, 0.6) is 11.5 Å². The van der Waals surface area contributed by atoms with Gasteiger partial charge in [-0.1, -0.05) is 0 Å². The maximum Gasteiger partial charge on any atom is 0.166 e. The summed E-state index contributed by atoms with van der Waals surface area (Å²) in [4.78, 5) is 11.0. The molecule has 0 aliphatic carbocycles. The zero-order chi connectivity index (χ0) is 13.7. The highest BCUT2D eigenvalue weighted by Crippen LogP contribution is 2.29. The lowest BCUT2D eigenvalue weighted by Crippen LogP contribution is -2.03. The molecule has 0 bridgehead atoms. The van der Waals surface area contributed by atoms with Crippen LogP contribution in [0, 0.1) is 0 Å². The summed E-state index contributed by atoms with van der Waals surface area (Å²) in [5, 5.41) is 0. The number of ether oxygens (including phenoxy) is 2. The highest BCUT2D eigenvalue weighted by molar-refractivity contribution is 5.74. The van der Waals surface area contributed by atoms with Crippen molar-refractivity contribution in [1.82, 2.24) is 4.57 Å². The summed E-state index contributed by atoms with van der Waals surface area (Å²) in [6.45, 7) is 5.03. The van der Waals surface area contributed by atoms with Gasteiger partial charge in [0.25, 0.3) is 0 Å². The van der Waals surface area contributed by atoms with Crippen LogP contribution in [-0.4, -0.2) is 24.1 Å². The van der Waals surface area contributed by atoms with Gasteiger partial charge in [0.2, 0.25) is 0 Å². The second-order valence-corrected chi connectivity index (χ2v) is 3.92. The summed E-state index contributed by atoms with van der Waals surface area (Å²) in [6, 6.07) is 9.19. The molecule has 1 aromatic carbocycles. The van der Waals surface area contributed by atoms with Crippen molar-refractivity contribution < 1.29 is 14.3 Å². The Morgan fingerprint density at radius 2 is 1.95 bits per heavy atom. The molecule has 2 aromatic rings. The molecular weight excluding hydrogens is 242 g/mol. The standard InChI is InChI=1S/C15H17NO3/c1-3-18-13-7-8-15(19-4-2)14(10-13)16-9-5-6-12(16)11-17/h5-11H,3-4H2,1-2H3. The van der Waals surface area contributed by atoms with E-state index in [0.29, 0.717) is 18.9 Å². The van der Waals surface area contributed by atoms with Crippen LogP contribution in [0.2, 0.25) is 0 Å². The molecule has 0 saturated carbocycles. The Hall–Kier alpha value is -2.23. The van der Waals surface area contributed by atoms with Gasteiger partial charge in [-0.15, -0.1) is 0 Å². The number of carbonyl (C=O) groups excluding carboxylic acids is 1. The molecule has 0 fully saturated rings. The van der Waals surface area contributed by atoms with E-state index in [-0.39, 0.29) is 0 Å². The van der Waals surface area contributed by atoms with Gasteiger partial charge < -0.3 is 14.0 Å². The third-order valence-corrected chi connectivity index (χ3v) is 2.70. The molecular formula is C15H17NO3. The highest BCUT2D eigenvalue weighted by atomic mass is 16.5. The molecule has 0 spiro atoms. The van der Waals surface area contributed by atoms with Gasteiger partial charge in [0.05, 0.1) is 24.6 Å². The molecule has 0 saturated heterocycles. The maximum atomic E-state index is 11.0. The van der Waals surface area contributed by atoms with E-state index in [4.69, 9.17) is 9.47 Å². The molecule has 0 radical (unpaired) electrons. The van der Waals surface area contributed by atoms with Gasteiger partial charge in [0.1, 0.15) is 11.5 Å².